The molecule has 2 heterocycles. The maximum atomic E-state index is 13.7. The molecule has 1 N–H and O–H groups in total. The van der Waals surface area contributed by atoms with E-state index in [1.54, 1.807) is 18.2 Å². The zero-order chi connectivity index (χ0) is 14.8. The van der Waals surface area contributed by atoms with Crippen molar-refractivity contribution >= 4 is 16.3 Å². The smallest absolute Gasteiger partial charge is 0.243 e. The number of nitrogens with one attached hydrogen (secondary N) is 1. The summed E-state index contributed by atoms with van der Waals surface area (Å²) in [7, 11) is 0. The topological polar surface area (TPSA) is 38.6 Å². The summed E-state index contributed by atoms with van der Waals surface area (Å²) < 4.78 is 21.4. The van der Waals surface area contributed by atoms with Crippen LogP contribution in [0.15, 0.2) is 35.8 Å². The number of halogens is 1. The lowest BCUT2D eigenvalue weighted by Gasteiger charge is -2.10. The number of nitrogens with zero attached hydrogens (tertiary/aromatic N) is 2. The molecule has 0 aliphatic rings. The normalized spacial score (nSPS) is 11.4. The average Bonchev–Trinajstić information content (AvgIpc) is 3.00. The minimum Gasteiger partial charge on any atom is -0.434 e. The van der Waals surface area contributed by atoms with Crippen LogP contribution in [0.4, 0.5) is 4.39 Å². The molecule has 0 atom stereocenters. The molecule has 0 aliphatic heterocycles. The first-order valence-electron chi connectivity index (χ1n) is 6.75. The first-order chi connectivity index (χ1) is 10.1. The Morgan fingerprint density at radius 3 is 2.95 bits per heavy atom. The lowest BCUT2D eigenvalue weighted by Crippen LogP contribution is -2.22. The van der Waals surface area contributed by atoms with Crippen LogP contribution in [0.3, 0.4) is 0 Å². The molecule has 0 spiro atoms. The second-order valence-corrected chi connectivity index (χ2v) is 5.86. The number of fused-ring (bicyclic) bond motifs is 1. The van der Waals surface area contributed by atoms with Gasteiger partial charge in [-0.1, -0.05) is 26.0 Å². The third-order valence-electron chi connectivity index (χ3n) is 3.05. The summed E-state index contributed by atoms with van der Waals surface area (Å²) >= 11 is 1.52. The largest absolute Gasteiger partial charge is 0.434 e. The number of para-hydroxylation sites is 1. The Kier molecular flexibility index (Phi) is 3.90. The molecule has 0 saturated carbocycles. The highest BCUT2D eigenvalue weighted by atomic mass is 32.1. The number of hydrogen-bond donors (Lipinski definition) is 1. The predicted molar refractivity (Wildman–Crippen MR) is 81.5 cm³/mol. The number of rotatable bonds is 5. The summed E-state index contributed by atoms with van der Waals surface area (Å²) in [5.41, 5.74) is 0.892. The van der Waals surface area contributed by atoms with Crippen LogP contribution in [-0.4, -0.2) is 15.4 Å². The molecule has 0 amide bonds. The van der Waals surface area contributed by atoms with Crippen LogP contribution in [0.5, 0.6) is 11.6 Å². The third-order valence-corrected chi connectivity index (χ3v) is 3.80. The van der Waals surface area contributed by atoms with E-state index in [2.05, 4.69) is 24.1 Å². The molecule has 21 heavy (non-hydrogen) atoms. The van der Waals surface area contributed by atoms with Gasteiger partial charge in [-0.05, 0) is 12.1 Å². The highest BCUT2D eigenvalue weighted by molar-refractivity contribution is 7.15. The van der Waals surface area contributed by atoms with Crippen molar-refractivity contribution in [3.8, 4) is 11.6 Å². The van der Waals surface area contributed by atoms with Gasteiger partial charge in [0.2, 0.25) is 5.88 Å². The van der Waals surface area contributed by atoms with E-state index in [1.165, 1.54) is 17.4 Å². The standard InChI is InChI=1S/C15H16FN3OS/c1-10(2)17-9-12-14(18-15-19(12)7-8-21-15)20-13-6-4-3-5-11(13)16/h3-8,10,17H,9H2,1-2H3. The van der Waals surface area contributed by atoms with Gasteiger partial charge in [0, 0.05) is 24.2 Å². The second kappa shape index (κ2) is 5.83. The number of hydrogen-bond acceptors (Lipinski definition) is 4. The molecule has 4 nitrogen and oxygen atoms in total. The molecule has 0 fully saturated rings. The number of imidazole rings is 1. The number of ether oxygens (including phenoxy) is 1. The number of benzene rings is 1. The van der Waals surface area contributed by atoms with Crippen molar-refractivity contribution < 1.29 is 9.13 Å². The third kappa shape index (κ3) is 2.91. The fourth-order valence-corrected chi connectivity index (χ4v) is 2.71. The molecular formula is C15H16FN3OS. The van der Waals surface area contributed by atoms with Crippen molar-refractivity contribution in [1.82, 2.24) is 14.7 Å². The van der Waals surface area contributed by atoms with Crippen LogP contribution in [0.1, 0.15) is 19.5 Å². The van der Waals surface area contributed by atoms with Crippen LogP contribution in [-0.2, 0) is 6.54 Å². The van der Waals surface area contributed by atoms with Gasteiger partial charge in [0.15, 0.2) is 16.5 Å². The van der Waals surface area contributed by atoms with Gasteiger partial charge in [-0.3, -0.25) is 4.40 Å². The Labute approximate surface area is 126 Å². The molecule has 3 aromatic rings. The molecule has 0 aliphatic carbocycles. The highest BCUT2D eigenvalue weighted by Gasteiger charge is 2.16. The van der Waals surface area contributed by atoms with E-state index < -0.39 is 5.82 Å². The summed E-state index contributed by atoms with van der Waals surface area (Å²) in [5.74, 6) is 0.241. The lowest BCUT2D eigenvalue weighted by molar-refractivity contribution is 0.421. The molecule has 0 bridgehead atoms. The maximum Gasteiger partial charge on any atom is 0.243 e. The van der Waals surface area contributed by atoms with Crippen LogP contribution in [0.25, 0.3) is 4.96 Å². The Hall–Kier alpha value is -1.92. The number of thiazole rings is 1. The van der Waals surface area contributed by atoms with Gasteiger partial charge in [-0.15, -0.1) is 11.3 Å². The van der Waals surface area contributed by atoms with E-state index >= 15 is 0 Å². The lowest BCUT2D eigenvalue weighted by atomic mass is 10.3. The number of aromatic nitrogens is 2. The van der Waals surface area contributed by atoms with Crippen molar-refractivity contribution in [3.05, 3.63) is 47.4 Å². The molecule has 2 aromatic heterocycles. The van der Waals surface area contributed by atoms with Crippen LogP contribution in [0, 0.1) is 5.82 Å². The summed E-state index contributed by atoms with van der Waals surface area (Å²) in [6.07, 6.45) is 1.94. The van der Waals surface area contributed by atoms with Crippen molar-refractivity contribution in [1.29, 1.82) is 0 Å². The Morgan fingerprint density at radius 2 is 2.19 bits per heavy atom. The van der Waals surface area contributed by atoms with Crippen LogP contribution in [0.2, 0.25) is 0 Å². The van der Waals surface area contributed by atoms with E-state index in [9.17, 15) is 4.39 Å². The van der Waals surface area contributed by atoms with Gasteiger partial charge in [-0.2, -0.15) is 4.98 Å². The maximum absolute atomic E-state index is 13.7. The van der Waals surface area contributed by atoms with Gasteiger partial charge >= 0.3 is 0 Å². The van der Waals surface area contributed by atoms with Crippen molar-refractivity contribution in [3.63, 3.8) is 0 Å². The first kappa shape index (κ1) is 14.0. The molecular weight excluding hydrogens is 289 g/mol. The summed E-state index contributed by atoms with van der Waals surface area (Å²) in [6.45, 7) is 4.76. The van der Waals surface area contributed by atoms with Gasteiger partial charge in [-0.25, -0.2) is 4.39 Å². The fourth-order valence-electron chi connectivity index (χ4n) is 1.99. The average molecular weight is 305 g/mol. The van der Waals surface area contributed by atoms with Crippen LogP contribution >= 0.6 is 11.3 Å². The minimum absolute atomic E-state index is 0.189. The Bertz CT molecular complexity index is 750. The predicted octanol–water partition coefficient (Wildman–Crippen LogP) is 3.83. The molecule has 0 radical (unpaired) electrons. The molecule has 1 aromatic carbocycles. The Morgan fingerprint density at radius 1 is 1.38 bits per heavy atom. The highest BCUT2D eigenvalue weighted by Crippen LogP contribution is 2.29. The summed E-state index contributed by atoms with van der Waals surface area (Å²) in [4.78, 5) is 5.27. The second-order valence-electron chi connectivity index (χ2n) is 4.99. The minimum atomic E-state index is -0.392. The summed E-state index contributed by atoms with van der Waals surface area (Å²) in [6, 6.07) is 6.69. The van der Waals surface area contributed by atoms with Gasteiger partial charge in [0.05, 0.1) is 0 Å². The monoisotopic (exact) mass is 305 g/mol. The van der Waals surface area contributed by atoms with E-state index in [-0.39, 0.29) is 5.75 Å². The quantitative estimate of drug-likeness (QED) is 0.778. The Balaban J connectivity index is 1.95. The molecule has 6 heteroatoms. The summed E-state index contributed by atoms with van der Waals surface area (Å²) in [5, 5.41) is 5.31. The van der Waals surface area contributed by atoms with E-state index in [1.807, 2.05) is 16.0 Å². The fraction of sp³-hybridized carbons (Fsp3) is 0.267. The molecule has 0 unspecified atom stereocenters. The molecule has 0 saturated heterocycles. The van der Waals surface area contributed by atoms with Gasteiger partial charge in [0.25, 0.3) is 0 Å². The molecule has 3 rings (SSSR count). The first-order valence-corrected chi connectivity index (χ1v) is 7.63. The van der Waals surface area contributed by atoms with E-state index in [0.29, 0.717) is 18.5 Å². The van der Waals surface area contributed by atoms with Gasteiger partial charge < -0.3 is 10.1 Å². The van der Waals surface area contributed by atoms with Crippen LogP contribution < -0.4 is 10.1 Å². The van der Waals surface area contributed by atoms with Crippen molar-refractivity contribution in [2.24, 2.45) is 0 Å². The van der Waals surface area contributed by atoms with Gasteiger partial charge in [0.1, 0.15) is 5.69 Å². The van der Waals surface area contributed by atoms with Crippen molar-refractivity contribution in [2.45, 2.75) is 26.4 Å². The van der Waals surface area contributed by atoms with E-state index in [0.717, 1.165) is 10.7 Å². The van der Waals surface area contributed by atoms with Crippen molar-refractivity contribution in [2.75, 3.05) is 0 Å². The zero-order valence-electron chi connectivity index (χ0n) is 11.8. The SMILES string of the molecule is CC(C)NCc1c(Oc2ccccc2F)nc2sccn12. The molecule has 110 valence electrons. The zero-order valence-corrected chi connectivity index (χ0v) is 12.7. The van der Waals surface area contributed by atoms with E-state index in [4.69, 9.17) is 4.74 Å².